The summed E-state index contributed by atoms with van der Waals surface area (Å²) in [6.45, 7) is 5.08. The molecule has 1 atom stereocenters. The van der Waals surface area contributed by atoms with E-state index in [0.29, 0.717) is 11.5 Å². The van der Waals surface area contributed by atoms with Crippen molar-refractivity contribution in [3.8, 4) is 11.5 Å². The summed E-state index contributed by atoms with van der Waals surface area (Å²) in [7, 11) is -0.199. The molecule has 0 aliphatic heterocycles. The normalized spacial score (nSPS) is 13.4. The molecule has 1 aromatic rings. The number of methoxy groups -OCH3 is 2. The number of rotatable bonds is 6. The van der Waals surface area contributed by atoms with Crippen LogP contribution in [0, 0.1) is 0 Å². The Morgan fingerprint density at radius 1 is 1.05 bits per heavy atom. The number of sulfonamides is 1. The van der Waals surface area contributed by atoms with Gasteiger partial charge in [0, 0.05) is 6.04 Å². The molecule has 0 radical (unpaired) electrons. The Morgan fingerprint density at radius 3 is 2.11 bits per heavy atom. The highest BCUT2D eigenvalue weighted by atomic mass is 32.2. The molecule has 0 aliphatic rings. The molecule has 0 fully saturated rings. The van der Waals surface area contributed by atoms with E-state index < -0.39 is 15.3 Å². The maximum absolute atomic E-state index is 11.8. The summed E-state index contributed by atoms with van der Waals surface area (Å²) in [6, 6.07) is 5.02. The van der Waals surface area contributed by atoms with Gasteiger partial charge in [-0.2, -0.15) is 0 Å². The lowest BCUT2D eigenvalue weighted by atomic mass is 10.1. The number of hydrogen-bond acceptors (Lipinski definition) is 4. The predicted octanol–water partition coefficient (Wildman–Crippen LogP) is 2.09. The molecule has 0 bridgehead atoms. The lowest BCUT2D eigenvalue weighted by molar-refractivity contribution is 0.354. The van der Waals surface area contributed by atoms with Crippen LogP contribution in [-0.2, 0) is 10.0 Å². The average Bonchev–Trinajstić information content (AvgIpc) is 2.37. The fraction of sp³-hybridized carbons (Fsp3) is 0.538. The van der Waals surface area contributed by atoms with Gasteiger partial charge in [-0.05, 0) is 38.5 Å². The minimum absolute atomic E-state index is 0.327. The molecule has 0 heterocycles. The Morgan fingerprint density at radius 2 is 1.63 bits per heavy atom. The molecule has 19 heavy (non-hydrogen) atoms. The van der Waals surface area contributed by atoms with E-state index in [1.165, 1.54) is 0 Å². The van der Waals surface area contributed by atoms with Crippen LogP contribution in [0.2, 0.25) is 0 Å². The Bertz CT molecular complexity index is 525. The van der Waals surface area contributed by atoms with Gasteiger partial charge in [-0.15, -0.1) is 0 Å². The Labute approximate surface area is 115 Å². The zero-order valence-corrected chi connectivity index (χ0v) is 12.7. The smallest absolute Gasteiger partial charge is 0.214 e. The Balaban J connectivity index is 2.98. The third-order valence-electron chi connectivity index (χ3n) is 2.87. The summed E-state index contributed by atoms with van der Waals surface area (Å²) in [5, 5.41) is -0.463. The number of nitrogens with one attached hydrogen (secondary N) is 1. The third-order valence-corrected chi connectivity index (χ3v) is 4.79. The zero-order valence-electron chi connectivity index (χ0n) is 11.9. The average molecular weight is 287 g/mol. The molecule has 0 amide bonds. The first-order valence-corrected chi connectivity index (χ1v) is 7.59. The quantitative estimate of drug-likeness (QED) is 0.870. The third kappa shape index (κ3) is 3.84. The second kappa shape index (κ2) is 6.25. The van der Waals surface area contributed by atoms with Crippen molar-refractivity contribution in [1.29, 1.82) is 0 Å². The fourth-order valence-corrected chi connectivity index (χ4v) is 2.47. The highest BCUT2D eigenvalue weighted by molar-refractivity contribution is 7.90. The van der Waals surface area contributed by atoms with Crippen LogP contribution in [0.1, 0.15) is 32.4 Å². The Kier molecular flexibility index (Phi) is 5.20. The molecule has 1 rings (SSSR count). The van der Waals surface area contributed by atoms with Crippen LogP contribution >= 0.6 is 0 Å². The molecule has 1 unspecified atom stereocenters. The fourth-order valence-electron chi connectivity index (χ4n) is 1.57. The standard InChI is InChI=1S/C13H21NO4S/c1-9(2)19(15,16)14-10(3)11-6-7-12(17-4)13(8-11)18-5/h6-10,14H,1-5H3. The highest BCUT2D eigenvalue weighted by Gasteiger charge is 2.20. The van der Waals surface area contributed by atoms with Gasteiger partial charge in [0.2, 0.25) is 10.0 Å². The van der Waals surface area contributed by atoms with Crippen molar-refractivity contribution in [2.24, 2.45) is 0 Å². The second-order valence-electron chi connectivity index (χ2n) is 4.55. The van der Waals surface area contributed by atoms with E-state index in [4.69, 9.17) is 9.47 Å². The minimum Gasteiger partial charge on any atom is -0.493 e. The van der Waals surface area contributed by atoms with E-state index in [1.54, 1.807) is 47.1 Å². The van der Waals surface area contributed by atoms with Gasteiger partial charge in [0.25, 0.3) is 0 Å². The van der Waals surface area contributed by atoms with Crippen LogP contribution in [0.25, 0.3) is 0 Å². The molecule has 1 aromatic carbocycles. The summed E-state index contributed by atoms with van der Waals surface area (Å²) in [5.41, 5.74) is 0.821. The molecule has 0 aliphatic carbocycles. The number of benzene rings is 1. The van der Waals surface area contributed by atoms with Crippen LogP contribution in [0.5, 0.6) is 11.5 Å². The topological polar surface area (TPSA) is 64.6 Å². The van der Waals surface area contributed by atoms with Gasteiger partial charge in [0.1, 0.15) is 0 Å². The largest absolute Gasteiger partial charge is 0.493 e. The molecule has 5 nitrogen and oxygen atoms in total. The summed E-state index contributed by atoms with van der Waals surface area (Å²) in [5.74, 6) is 1.20. The van der Waals surface area contributed by atoms with Crippen molar-refractivity contribution < 1.29 is 17.9 Å². The highest BCUT2D eigenvalue weighted by Crippen LogP contribution is 2.30. The zero-order chi connectivity index (χ0) is 14.6. The summed E-state index contributed by atoms with van der Waals surface area (Å²) >= 11 is 0. The van der Waals surface area contributed by atoms with Crippen molar-refractivity contribution in [2.45, 2.75) is 32.1 Å². The van der Waals surface area contributed by atoms with Gasteiger partial charge in [-0.3, -0.25) is 0 Å². The second-order valence-corrected chi connectivity index (χ2v) is 6.82. The summed E-state index contributed by atoms with van der Waals surface area (Å²) < 4.78 is 36.6. The summed E-state index contributed by atoms with van der Waals surface area (Å²) in [4.78, 5) is 0. The molecule has 6 heteroatoms. The molecular formula is C13H21NO4S. The van der Waals surface area contributed by atoms with Gasteiger partial charge in [0.15, 0.2) is 11.5 Å². The van der Waals surface area contributed by atoms with Gasteiger partial charge in [-0.25, -0.2) is 13.1 Å². The first kappa shape index (κ1) is 15.8. The minimum atomic E-state index is -3.30. The molecular weight excluding hydrogens is 266 g/mol. The van der Waals surface area contributed by atoms with E-state index in [9.17, 15) is 8.42 Å². The molecule has 0 spiro atoms. The van der Waals surface area contributed by atoms with E-state index in [2.05, 4.69) is 4.72 Å². The monoisotopic (exact) mass is 287 g/mol. The maximum Gasteiger partial charge on any atom is 0.214 e. The van der Waals surface area contributed by atoms with Crippen LogP contribution in [0.4, 0.5) is 0 Å². The van der Waals surface area contributed by atoms with E-state index in [-0.39, 0.29) is 6.04 Å². The lowest BCUT2D eigenvalue weighted by Gasteiger charge is -2.18. The van der Waals surface area contributed by atoms with Crippen molar-refractivity contribution in [3.63, 3.8) is 0 Å². The van der Waals surface area contributed by atoms with Gasteiger partial charge in [-0.1, -0.05) is 6.07 Å². The maximum atomic E-state index is 11.8. The van der Waals surface area contributed by atoms with Crippen molar-refractivity contribution in [1.82, 2.24) is 4.72 Å². The van der Waals surface area contributed by atoms with Crippen LogP contribution in [0.3, 0.4) is 0 Å². The lowest BCUT2D eigenvalue weighted by Crippen LogP contribution is -2.32. The van der Waals surface area contributed by atoms with Crippen molar-refractivity contribution >= 4 is 10.0 Å². The Hall–Kier alpha value is -1.27. The van der Waals surface area contributed by atoms with Crippen molar-refractivity contribution in [3.05, 3.63) is 23.8 Å². The first-order chi connectivity index (χ1) is 8.81. The van der Waals surface area contributed by atoms with E-state index >= 15 is 0 Å². The van der Waals surface area contributed by atoms with E-state index in [1.807, 2.05) is 6.07 Å². The van der Waals surface area contributed by atoms with Crippen molar-refractivity contribution in [2.75, 3.05) is 14.2 Å². The number of hydrogen-bond donors (Lipinski definition) is 1. The molecule has 108 valence electrons. The molecule has 1 N–H and O–H groups in total. The van der Waals surface area contributed by atoms with Crippen LogP contribution in [0.15, 0.2) is 18.2 Å². The summed E-state index contributed by atoms with van der Waals surface area (Å²) in [6.07, 6.45) is 0. The van der Waals surface area contributed by atoms with E-state index in [0.717, 1.165) is 5.56 Å². The van der Waals surface area contributed by atoms with Crippen LogP contribution < -0.4 is 14.2 Å². The predicted molar refractivity (Wildman–Crippen MR) is 75.2 cm³/mol. The van der Waals surface area contributed by atoms with Gasteiger partial charge in [0.05, 0.1) is 19.5 Å². The SMILES string of the molecule is COc1ccc(C(C)NS(=O)(=O)C(C)C)cc1OC. The first-order valence-electron chi connectivity index (χ1n) is 6.05. The molecule has 0 saturated carbocycles. The molecule has 0 aromatic heterocycles. The molecule has 0 saturated heterocycles. The number of ether oxygens (including phenoxy) is 2. The van der Waals surface area contributed by atoms with Gasteiger partial charge < -0.3 is 9.47 Å². The van der Waals surface area contributed by atoms with Gasteiger partial charge >= 0.3 is 0 Å². The van der Waals surface area contributed by atoms with Crippen LogP contribution in [-0.4, -0.2) is 27.9 Å².